The number of ether oxygens (including phenoxy) is 1. The molecule has 1 aliphatic heterocycles. The van der Waals surface area contributed by atoms with Gasteiger partial charge in [0, 0.05) is 24.9 Å². The number of alkyl carbamates (subject to hydrolysis) is 1. The van der Waals surface area contributed by atoms with Crippen LogP contribution in [0.3, 0.4) is 0 Å². The molecule has 0 atom stereocenters. The first kappa shape index (κ1) is 27.9. The number of alkyl halides is 3. The van der Waals surface area contributed by atoms with Crippen LogP contribution in [0.25, 0.3) is 17.2 Å². The molecule has 10 heteroatoms. The number of nitrogens with one attached hydrogen (secondary N) is 1. The predicted molar refractivity (Wildman–Crippen MR) is 146 cm³/mol. The van der Waals surface area contributed by atoms with Gasteiger partial charge in [0.25, 0.3) is 0 Å². The van der Waals surface area contributed by atoms with E-state index in [0.29, 0.717) is 5.47 Å². The zero-order valence-electron chi connectivity index (χ0n) is 22.7. The van der Waals surface area contributed by atoms with Crippen LogP contribution in [0.15, 0.2) is 72.5 Å². The molecule has 1 aromatic heterocycles. The Morgan fingerprint density at radius 3 is 2.15 bits per heavy atom. The van der Waals surface area contributed by atoms with Crippen LogP contribution in [0.2, 0.25) is 0 Å². The summed E-state index contributed by atoms with van der Waals surface area (Å²) >= 11 is 0. The van der Waals surface area contributed by atoms with Crippen LogP contribution < -0.4 is 5.32 Å². The molecule has 2 aromatic carbocycles. The summed E-state index contributed by atoms with van der Waals surface area (Å²) in [6, 6.07) is 17.0. The van der Waals surface area contributed by atoms with Gasteiger partial charge in [-0.2, -0.15) is 13.2 Å². The average Bonchev–Trinajstić information content (AvgIpc) is 3.34. The number of hydrogen-bond donors (Lipinski definition) is 1. The Bertz CT molecular complexity index is 1390. The van der Waals surface area contributed by atoms with Crippen molar-refractivity contribution >= 4 is 19.3 Å². The Hall–Kier alpha value is -3.63. The number of pyridine rings is 1. The van der Waals surface area contributed by atoms with Crippen LogP contribution >= 0.6 is 0 Å². The van der Waals surface area contributed by atoms with Gasteiger partial charge in [0.2, 0.25) is 0 Å². The van der Waals surface area contributed by atoms with Crippen molar-refractivity contribution in [2.45, 2.75) is 51.0 Å². The normalized spacial score (nSPS) is 17.9. The Morgan fingerprint density at radius 1 is 1.00 bits per heavy atom. The Morgan fingerprint density at radius 2 is 1.57 bits per heavy atom. The van der Waals surface area contributed by atoms with E-state index in [0.717, 1.165) is 34.5 Å². The minimum Gasteiger partial charge on any atom is -0.449 e. The molecule has 2 heterocycles. The van der Waals surface area contributed by atoms with Crippen LogP contribution in [-0.2, 0) is 20.2 Å². The van der Waals surface area contributed by atoms with E-state index in [1.54, 1.807) is 0 Å². The highest BCUT2D eigenvalue weighted by molar-refractivity contribution is 6.56. The van der Waals surface area contributed by atoms with Gasteiger partial charge < -0.3 is 19.4 Å². The molecule has 1 aliphatic carbocycles. The molecule has 1 N–H and O–H groups in total. The maximum Gasteiger partial charge on any atom is 0.492 e. The van der Waals surface area contributed by atoms with Gasteiger partial charge in [0.05, 0.1) is 16.8 Å². The zero-order chi connectivity index (χ0) is 28.7. The van der Waals surface area contributed by atoms with Crippen molar-refractivity contribution in [3.05, 3.63) is 94.7 Å². The zero-order valence-corrected chi connectivity index (χ0v) is 22.7. The van der Waals surface area contributed by atoms with E-state index in [9.17, 15) is 18.0 Å². The third kappa shape index (κ3) is 5.51. The molecule has 40 heavy (non-hydrogen) atoms. The molecule has 1 amide bonds. The molecule has 3 aromatic rings. The van der Waals surface area contributed by atoms with Crippen molar-refractivity contribution in [1.29, 1.82) is 0 Å². The van der Waals surface area contributed by atoms with Crippen LogP contribution in [0.1, 0.15) is 55.9 Å². The SMILES string of the molecule is CC1(C)OB(C(=Cc2cncc(C(F)(F)F)c2)CNC(=O)OCC2c3ccccc3-c3ccccc32)OC1(C)C. The molecule has 0 radical (unpaired) electrons. The Labute approximate surface area is 231 Å². The van der Waals surface area contributed by atoms with Crippen molar-refractivity contribution in [2.75, 3.05) is 13.2 Å². The molecule has 1 saturated heterocycles. The second-order valence-corrected chi connectivity index (χ2v) is 11.0. The van der Waals surface area contributed by atoms with Gasteiger partial charge in [-0.3, -0.25) is 4.98 Å². The number of rotatable bonds is 6. The van der Waals surface area contributed by atoms with Crippen molar-refractivity contribution in [3.8, 4) is 11.1 Å². The standard InChI is InChI=1S/C30H30BF3N2O4/c1-28(2)29(3,4)40-31(39-28)21(14-19-13-20(16-35-15-19)30(32,33)34)17-36-27(37)38-18-26-24-11-7-5-9-22(24)23-10-6-8-12-25(23)26/h5-16,26H,17-18H2,1-4H3,(H,36,37). The van der Waals surface area contributed by atoms with Crippen molar-refractivity contribution in [1.82, 2.24) is 10.3 Å². The third-order valence-corrected chi connectivity index (χ3v) is 7.78. The van der Waals surface area contributed by atoms with Gasteiger partial charge in [-0.25, -0.2) is 4.79 Å². The first-order valence-corrected chi connectivity index (χ1v) is 13.0. The molecule has 2 aliphatic rings. The van der Waals surface area contributed by atoms with Gasteiger partial charge in [-0.15, -0.1) is 0 Å². The fourth-order valence-electron chi connectivity index (χ4n) is 4.93. The summed E-state index contributed by atoms with van der Waals surface area (Å²) in [6.45, 7) is 7.55. The summed E-state index contributed by atoms with van der Waals surface area (Å²) in [5, 5.41) is 2.72. The third-order valence-electron chi connectivity index (χ3n) is 7.78. The largest absolute Gasteiger partial charge is 0.492 e. The topological polar surface area (TPSA) is 69.7 Å². The number of carbonyl (C=O) groups excluding carboxylic acids is 1. The maximum absolute atomic E-state index is 13.3. The number of fused-ring (bicyclic) bond motifs is 3. The molecule has 0 unspecified atom stereocenters. The second kappa shape index (κ2) is 10.4. The number of halogens is 3. The summed E-state index contributed by atoms with van der Waals surface area (Å²) in [6.07, 6.45) is -1.63. The van der Waals surface area contributed by atoms with Crippen molar-refractivity contribution in [2.24, 2.45) is 0 Å². The van der Waals surface area contributed by atoms with Gasteiger partial charge in [0.1, 0.15) is 6.61 Å². The maximum atomic E-state index is 13.3. The highest BCUT2D eigenvalue weighted by Crippen LogP contribution is 2.44. The van der Waals surface area contributed by atoms with Gasteiger partial charge in [-0.1, -0.05) is 54.6 Å². The van der Waals surface area contributed by atoms with E-state index < -0.39 is 36.2 Å². The number of hydrogen-bond acceptors (Lipinski definition) is 5. The van der Waals surface area contributed by atoms with E-state index in [-0.39, 0.29) is 24.6 Å². The van der Waals surface area contributed by atoms with E-state index in [2.05, 4.69) is 22.4 Å². The highest BCUT2D eigenvalue weighted by atomic mass is 19.4. The first-order chi connectivity index (χ1) is 18.9. The molecule has 0 spiro atoms. The van der Waals surface area contributed by atoms with Crippen LogP contribution in [-0.4, -0.2) is 42.5 Å². The molecule has 6 nitrogen and oxygen atoms in total. The van der Waals surface area contributed by atoms with Gasteiger partial charge in [0.15, 0.2) is 0 Å². The summed E-state index contributed by atoms with van der Waals surface area (Å²) < 4.78 is 57.7. The Kier molecular flexibility index (Phi) is 7.27. The van der Waals surface area contributed by atoms with E-state index >= 15 is 0 Å². The molecule has 1 fully saturated rings. The Balaban J connectivity index is 1.32. The lowest BCUT2D eigenvalue weighted by molar-refractivity contribution is -0.137. The fraction of sp³-hybridized carbons (Fsp3) is 0.333. The number of benzene rings is 2. The molecular weight excluding hydrogens is 520 g/mol. The highest BCUT2D eigenvalue weighted by Gasteiger charge is 2.52. The molecule has 5 rings (SSSR count). The number of nitrogens with zero attached hydrogens (tertiary/aromatic N) is 1. The summed E-state index contributed by atoms with van der Waals surface area (Å²) in [5.74, 6) is -0.104. The predicted octanol–water partition coefficient (Wildman–Crippen LogP) is 6.65. The molecule has 208 valence electrons. The second-order valence-electron chi connectivity index (χ2n) is 11.0. The number of aromatic nitrogens is 1. The quantitative estimate of drug-likeness (QED) is 0.348. The van der Waals surface area contributed by atoms with Crippen molar-refractivity contribution < 1.29 is 32.0 Å². The van der Waals surface area contributed by atoms with E-state index in [1.807, 2.05) is 64.1 Å². The average molecular weight is 550 g/mol. The minimum absolute atomic E-state index is 0.0657. The van der Waals surface area contributed by atoms with Crippen molar-refractivity contribution in [3.63, 3.8) is 0 Å². The lowest BCUT2D eigenvalue weighted by Crippen LogP contribution is -2.41. The smallest absolute Gasteiger partial charge is 0.449 e. The molecule has 0 bridgehead atoms. The molecular formula is C30H30BF3N2O4. The van der Waals surface area contributed by atoms with Gasteiger partial charge >= 0.3 is 19.4 Å². The van der Waals surface area contributed by atoms with E-state index in [1.165, 1.54) is 12.3 Å². The lowest BCUT2D eigenvalue weighted by Gasteiger charge is -2.32. The number of amides is 1. The minimum atomic E-state index is -4.54. The summed E-state index contributed by atoms with van der Waals surface area (Å²) in [5.41, 5.74) is 2.79. The van der Waals surface area contributed by atoms with Crippen LogP contribution in [0.4, 0.5) is 18.0 Å². The lowest BCUT2D eigenvalue weighted by atomic mass is 9.77. The van der Waals surface area contributed by atoms with Crippen LogP contribution in [0.5, 0.6) is 0 Å². The first-order valence-electron chi connectivity index (χ1n) is 13.0. The fourth-order valence-corrected chi connectivity index (χ4v) is 4.93. The number of carbonyl (C=O) groups is 1. The summed E-state index contributed by atoms with van der Waals surface area (Å²) in [7, 11) is -0.895. The summed E-state index contributed by atoms with van der Waals surface area (Å²) in [4.78, 5) is 16.6. The van der Waals surface area contributed by atoms with E-state index in [4.69, 9.17) is 14.0 Å². The monoisotopic (exact) mass is 550 g/mol. The van der Waals surface area contributed by atoms with Gasteiger partial charge in [-0.05, 0) is 67.1 Å². The van der Waals surface area contributed by atoms with Crippen LogP contribution in [0, 0.1) is 0 Å². The molecule has 0 saturated carbocycles.